The molecular formula is C24H27ClN4O3S. The van der Waals surface area contributed by atoms with Gasteiger partial charge in [0.25, 0.3) is 5.91 Å². The summed E-state index contributed by atoms with van der Waals surface area (Å²) in [6.07, 6.45) is 0. The zero-order valence-electron chi connectivity index (χ0n) is 18.1. The highest BCUT2D eigenvalue weighted by Crippen LogP contribution is 2.13. The summed E-state index contributed by atoms with van der Waals surface area (Å²) >= 11 is 7.62. The Kier molecular flexibility index (Phi) is 9.71. The molecule has 7 nitrogen and oxygen atoms in total. The Morgan fingerprint density at radius 1 is 1.00 bits per heavy atom. The minimum Gasteiger partial charge on any atom is -0.395 e. The van der Waals surface area contributed by atoms with Gasteiger partial charge in [-0.2, -0.15) is 0 Å². The highest BCUT2D eigenvalue weighted by molar-refractivity contribution is 7.09. The van der Waals surface area contributed by atoms with Crippen molar-refractivity contribution in [2.45, 2.75) is 13.1 Å². The van der Waals surface area contributed by atoms with E-state index in [1.165, 1.54) is 0 Å². The van der Waals surface area contributed by atoms with Gasteiger partial charge >= 0.3 is 6.03 Å². The topological polar surface area (TPSA) is 93.7 Å². The maximum atomic E-state index is 12.4. The molecule has 33 heavy (non-hydrogen) atoms. The highest BCUT2D eigenvalue weighted by Gasteiger charge is 2.10. The number of urea groups is 1. The molecule has 0 unspecified atom stereocenters. The van der Waals surface area contributed by atoms with Crippen molar-refractivity contribution in [3.8, 4) is 0 Å². The van der Waals surface area contributed by atoms with Crippen molar-refractivity contribution in [3.05, 3.63) is 87.1 Å². The molecule has 0 atom stereocenters. The van der Waals surface area contributed by atoms with Crippen LogP contribution in [0.5, 0.6) is 0 Å². The summed E-state index contributed by atoms with van der Waals surface area (Å²) < 4.78 is 0. The smallest absolute Gasteiger partial charge is 0.319 e. The Balaban J connectivity index is 1.45. The lowest BCUT2D eigenvalue weighted by atomic mass is 10.2. The van der Waals surface area contributed by atoms with Crippen molar-refractivity contribution in [3.63, 3.8) is 0 Å². The summed E-state index contributed by atoms with van der Waals surface area (Å²) in [6.45, 7) is 2.55. The van der Waals surface area contributed by atoms with Crippen LogP contribution >= 0.6 is 22.9 Å². The molecule has 0 bridgehead atoms. The third-order valence-corrected chi connectivity index (χ3v) is 5.92. The van der Waals surface area contributed by atoms with Crippen LogP contribution < -0.4 is 16.0 Å². The molecule has 0 saturated heterocycles. The normalized spacial score (nSPS) is 10.8. The molecule has 3 rings (SSSR count). The van der Waals surface area contributed by atoms with Crippen LogP contribution in [0.2, 0.25) is 5.02 Å². The number of rotatable bonds is 11. The van der Waals surface area contributed by atoms with Crippen LogP contribution in [-0.2, 0) is 13.1 Å². The quantitative estimate of drug-likeness (QED) is 0.330. The Bertz CT molecular complexity index is 1050. The second-order valence-corrected chi connectivity index (χ2v) is 8.82. The van der Waals surface area contributed by atoms with Gasteiger partial charge in [-0.1, -0.05) is 35.9 Å². The van der Waals surface area contributed by atoms with Gasteiger partial charge < -0.3 is 21.1 Å². The summed E-state index contributed by atoms with van der Waals surface area (Å²) in [7, 11) is 0. The van der Waals surface area contributed by atoms with Gasteiger partial charge in [0.05, 0.1) is 13.2 Å². The zero-order valence-corrected chi connectivity index (χ0v) is 19.7. The summed E-state index contributed by atoms with van der Waals surface area (Å²) in [5.41, 5.74) is 2.04. The lowest BCUT2D eigenvalue weighted by Crippen LogP contribution is -2.37. The number of halogens is 1. The lowest BCUT2D eigenvalue weighted by Gasteiger charge is -2.21. The van der Waals surface area contributed by atoms with E-state index in [0.717, 1.165) is 10.4 Å². The molecular weight excluding hydrogens is 460 g/mol. The number of anilines is 1. The van der Waals surface area contributed by atoms with Gasteiger partial charge in [-0.25, -0.2) is 4.79 Å². The third kappa shape index (κ3) is 8.51. The number of hydrogen-bond donors (Lipinski definition) is 4. The van der Waals surface area contributed by atoms with Crippen molar-refractivity contribution in [2.24, 2.45) is 0 Å². The highest BCUT2D eigenvalue weighted by atomic mass is 35.5. The van der Waals surface area contributed by atoms with Gasteiger partial charge in [0.1, 0.15) is 0 Å². The van der Waals surface area contributed by atoms with Gasteiger partial charge in [-0.05, 0) is 47.3 Å². The predicted octanol–water partition coefficient (Wildman–Crippen LogP) is 3.95. The minimum atomic E-state index is -0.363. The number of hydrogen-bond acceptors (Lipinski definition) is 5. The van der Waals surface area contributed by atoms with E-state index in [9.17, 15) is 14.7 Å². The van der Waals surface area contributed by atoms with Crippen molar-refractivity contribution < 1.29 is 14.7 Å². The Morgan fingerprint density at radius 2 is 1.85 bits per heavy atom. The molecule has 1 heterocycles. The molecule has 174 valence electrons. The van der Waals surface area contributed by atoms with Crippen LogP contribution in [0.25, 0.3) is 0 Å². The van der Waals surface area contributed by atoms with E-state index in [4.69, 9.17) is 11.6 Å². The average Bonchev–Trinajstić information content (AvgIpc) is 3.31. The first-order valence-corrected chi connectivity index (χ1v) is 11.8. The largest absolute Gasteiger partial charge is 0.395 e. The Hall–Kier alpha value is -2.91. The van der Waals surface area contributed by atoms with Crippen molar-refractivity contribution >= 4 is 40.6 Å². The second kappa shape index (κ2) is 13.0. The SMILES string of the molecule is O=C(NCCN(CCO)Cc1cccc(Cl)c1)Nc1cccc(C(=O)NCc2cccs2)c1. The number of nitrogens with one attached hydrogen (secondary N) is 3. The number of thiophene rings is 1. The number of amides is 3. The van der Waals surface area contributed by atoms with E-state index in [2.05, 4.69) is 16.0 Å². The van der Waals surface area contributed by atoms with Crippen LogP contribution in [0.3, 0.4) is 0 Å². The van der Waals surface area contributed by atoms with E-state index < -0.39 is 0 Å². The number of benzene rings is 2. The third-order valence-electron chi connectivity index (χ3n) is 4.81. The molecule has 3 amide bonds. The van der Waals surface area contributed by atoms with Gasteiger partial charge in [-0.3, -0.25) is 9.69 Å². The average molecular weight is 487 g/mol. The predicted molar refractivity (Wildman–Crippen MR) is 133 cm³/mol. The maximum absolute atomic E-state index is 12.4. The Labute approximate surface area is 202 Å². The van der Waals surface area contributed by atoms with Crippen LogP contribution in [0.4, 0.5) is 10.5 Å². The lowest BCUT2D eigenvalue weighted by molar-refractivity contribution is 0.0951. The van der Waals surface area contributed by atoms with Gasteiger partial charge in [0.2, 0.25) is 0 Å². The van der Waals surface area contributed by atoms with Crippen LogP contribution in [0, 0.1) is 0 Å². The molecule has 3 aromatic rings. The van der Waals surface area contributed by atoms with E-state index in [1.54, 1.807) is 35.6 Å². The molecule has 0 spiro atoms. The van der Waals surface area contributed by atoms with E-state index in [0.29, 0.717) is 49.0 Å². The fraction of sp³-hybridized carbons (Fsp3) is 0.250. The van der Waals surface area contributed by atoms with E-state index in [-0.39, 0.29) is 18.5 Å². The van der Waals surface area contributed by atoms with Crippen LogP contribution in [0.15, 0.2) is 66.0 Å². The first-order valence-electron chi connectivity index (χ1n) is 10.6. The summed E-state index contributed by atoms with van der Waals surface area (Å²) in [6, 6.07) is 17.9. The zero-order chi connectivity index (χ0) is 23.5. The first kappa shape index (κ1) is 24.7. The molecule has 0 aliphatic heterocycles. The second-order valence-electron chi connectivity index (χ2n) is 7.35. The number of aliphatic hydroxyl groups is 1. The molecule has 0 radical (unpaired) electrons. The number of carbonyl (C=O) groups excluding carboxylic acids is 2. The molecule has 0 fully saturated rings. The molecule has 1 aromatic heterocycles. The van der Waals surface area contributed by atoms with Gasteiger partial charge in [0, 0.05) is 47.3 Å². The minimum absolute atomic E-state index is 0.0219. The standard InChI is InChI=1S/C24H27ClN4O3S/c25-20-6-1-4-18(14-20)17-29(11-12-30)10-9-26-24(32)28-21-7-2-5-19(15-21)23(31)27-16-22-8-3-13-33-22/h1-8,13-15,30H,9-12,16-17H2,(H,27,31)(H2,26,28,32). The van der Waals surface area contributed by atoms with Crippen molar-refractivity contribution in [2.75, 3.05) is 31.6 Å². The summed E-state index contributed by atoms with van der Waals surface area (Å²) in [5, 5.41) is 20.4. The fourth-order valence-electron chi connectivity index (χ4n) is 3.23. The first-order chi connectivity index (χ1) is 16.0. The van der Waals surface area contributed by atoms with Crippen molar-refractivity contribution in [1.82, 2.24) is 15.5 Å². The van der Waals surface area contributed by atoms with E-state index in [1.807, 2.05) is 46.7 Å². The van der Waals surface area contributed by atoms with Gasteiger partial charge in [-0.15, -0.1) is 11.3 Å². The summed E-state index contributed by atoms with van der Waals surface area (Å²) in [4.78, 5) is 27.8. The monoisotopic (exact) mass is 486 g/mol. The Morgan fingerprint density at radius 3 is 2.61 bits per heavy atom. The van der Waals surface area contributed by atoms with E-state index >= 15 is 0 Å². The van der Waals surface area contributed by atoms with Gasteiger partial charge in [0.15, 0.2) is 0 Å². The van der Waals surface area contributed by atoms with Crippen LogP contribution in [0.1, 0.15) is 20.8 Å². The van der Waals surface area contributed by atoms with Crippen molar-refractivity contribution in [1.29, 1.82) is 0 Å². The molecule has 0 aliphatic rings. The summed E-state index contributed by atoms with van der Waals surface area (Å²) in [5.74, 6) is -0.201. The maximum Gasteiger partial charge on any atom is 0.319 e. The number of aliphatic hydroxyl groups excluding tert-OH is 1. The molecule has 0 aliphatic carbocycles. The molecule has 4 N–H and O–H groups in total. The molecule has 2 aromatic carbocycles. The molecule has 9 heteroatoms. The van der Waals surface area contributed by atoms with Crippen LogP contribution in [-0.4, -0.2) is 48.2 Å². The number of carbonyl (C=O) groups is 2. The fourth-order valence-corrected chi connectivity index (χ4v) is 4.09. The molecule has 0 saturated carbocycles. The number of nitrogens with zero attached hydrogens (tertiary/aromatic N) is 1.